The summed E-state index contributed by atoms with van der Waals surface area (Å²) in [5.41, 5.74) is 0.861. The highest BCUT2D eigenvalue weighted by atomic mass is 35.5. The zero-order valence-electron chi connectivity index (χ0n) is 15.3. The van der Waals surface area contributed by atoms with Crippen LogP contribution in [0.4, 0.5) is 15.6 Å². The van der Waals surface area contributed by atoms with Crippen molar-refractivity contribution in [1.82, 2.24) is 9.88 Å². The molecule has 1 saturated heterocycles. The van der Waals surface area contributed by atoms with E-state index in [9.17, 15) is 14.9 Å². The van der Waals surface area contributed by atoms with Gasteiger partial charge in [-0.15, -0.1) is 0 Å². The predicted molar refractivity (Wildman–Crippen MR) is 112 cm³/mol. The zero-order valence-corrected chi connectivity index (χ0v) is 16.9. The summed E-state index contributed by atoms with van der Waals surface area (Å²) in [6.07, 6.45) is 0.322. The van der Waals surface area contributed by atoms with Crippen LogP contribution in [0.25, 0.3) is 10.2 Å². The second kappa shape index (κ2) is 8.22. The Morgan fingerprint density at radius 3 is 2.69 bits per heavy atom. The third-order valence-corrected chi connectivity index (χ3v) is 5.93. The molecule has 1 amide bonds. The fourth-order valence-electron chi connectivity index (χ4n) is 3.11. The Hall–Kier alpha value is -2.91. The Kier molecular flexibility index (Phi) is 5.50. The van der Waals surface area contributed by atoms with Crippen LogP contribution in [0.5, 0.6) is 5.75 Å². The summed E-state index contributed by atoms with van der Waals surface area (Å²) in [6, 6.07) is 11.1. The molecule has 1 fully saturated rings. The molecule has 8 nitrogen and oxygen atoms in total. The van der Waals surface area contributed by atoms with Gasteiger partial charge in [0.25, 0.3) is 5.69 Å². The van der Waals surface area contributed by atoms with Gasteiger partial charge in [-0.1, -0.05) is 22.9 Å². The minimum atomic E-state index is -0.495. The number of benzene rings is 2. The minimum absolute atomic E-state index is 0.0488. The van der Waals surface area contributed by atoms with Crippen LogP contribution in [-0.2, 0) is 0 Å². The van der Waals surface area contributed by atoms with E-state index in [2.05, 4.69) is 9.88 Å². The Morgan fingerprint density at radius 2 is 1.93 bits per heavy atom. The number of fused-ring (bicyclic) bond motifs is 1. The van der Waals surface area contributed by atoms with E-state index < -0.39 is 11.0 Å². The maximum absolute atomic E-state index is 12.5. The monoisotopic (exact) mass is 432 g/mol. The number of ether oxygens (including phenoxy) is 1. The van der Waals surface area contributed by atoms with E-state index >= 15 is 0 Å². The molecule has 0 N–H and O–H groups in total. The summed E-state index contributed by atoms with van der Waals surface area (Å²) in [6.45, 7) is 2.50. The standard InChI is InChI=1S/C19H17ClN4O4S/c20-13-2-7-16-17(12-13)29-18(21-16)22-8-1-9-23(11-10-22)19(25)28-15-5-3-14(4-6-15)24(26)27/h2-7,12H,1,8-11H2. The minimum Gasteiger partial charge on any atom is -0.410 e. The van der Waals surface area contributed by atoms with Crippen LogP contribution in [0, 0.1) is 10.1 Å². The first-order valence-corrected chi connectivity index (χ1v) is 10.2. The van der Waals surface area contributed by atoms with Crippen molar-refractivity contribution in [1.29, 1.82) is 0 Å². The Labute approximate surface area is 175 Å². The molecule has 4 rings (SSSR count). The summed E-state index contributed by atoms with van der Waals surface area (Å²) in [5.74, 6) is 0.282. The number of anilines is 1. The van der Waals surface area contributed by atoms with E-state index in [1.165, 1.54) is 24.3 Å². The molecule has 0 saturated carbocycles. The Balaban J connectivity index is 1.39. The van der Waals surface area contributed by atoms with Crippen LogP contribution < -0.4 is 9.64 Å². The molecule has 1 aliphatic heterocycles. The largest absolute Gasteiger partial charge is 0.415 e. The third kappa shape index (κ3) is 4.41. The molecular formula is C19H17ClN4O4S. The average Bonchev–Trinajstić information content (AvgIpc) is 2.95. The molecule has 0 radical (unpaired) electrons. The molecule has 0 bridgehead atoms. The predicted octanol–water partition coefficient (Wildman–Crippen LogP) is 4.57. The van der Waals surface area contributed by atoms with Crippen LogP contribution in [0.15, 0.2) is 42.5 Å². The number of carbonyl (C=O) groups excluding carboxylic acids is 1. The topological polar surface area (TPSA) is 88.8 Å². The highest BCUT2D eigenvalue weighted by Gasteiger charge is 2.22. The van der Waals surface area contributed by atoms with Gasteiger partial charge in [0, 0.05) is 43.3 Å². The van der Waals surface area contributed by atoms with Gasteiger partial charge in [-0.05, 0) is 36.8 Å². The van der Waals surface area contributed by atoms with Gasteiger partial charge in [-0.2, -0.15) is 0 Å². The quantitative estimate of drug-likeness (QED) is 0.445. The van der Waals surface area contributed by atoms with Crippen LogP contribution >= 0.6 is 22.9 Å². The van der Waals surface area contributed by atoms with E-state index in [1.54, 1.807) is 16.2 Å². The third-order valence-electron chi connectivity index (χ3n) is 4.62. The highest BCUT2D eigenvalue weighted by Crippen LogP contribution is 2.31. The van der Waals surface area contributed by atoms with E-state index in [0.29, 0.717) is 24.7 Å². The first-order chi connectivity index (χ1) is 14.0. The second-order valence-corrected chi connectivity index (χ2v) is 8.00. The number of nitrogens with zero attached hydrogens (tertiary/aromatic N) is 4. The van der Waals surface area contributed by atoms with Gasteiger partial charge >= 0.3 is 6.09 Å². The first-order valence-electron chi connectivity index (χ1n) is 9.02. The van der Waals surface area contributed by atoms with Crippen LogP contribution in [0.1, 0.15) is 6.42 Å². The molecule has 10 heteroatoms. The maximum Gasteiger partial charge on any atom is 0.415 e. The molecule has 29 heavy (non-hydrogen) atoms. The number of hydrogen-bond donors (Lipinski definition) is 0. The van der Waals surface area contributed by atoms with Crippen LogP contribution in [-0.4, -0.2) is 47.1 Å². The number of aromatic nitrogens is 1. The van der Waals surface area contributed by atoms with Crippen molar-refractivity contribution in [3.05, 3.63) is 57.6 Å². The highest BCUT2D eigenvalue weighted by molar-refractivity contribution is 7.22. The second-order valence-electron chi connectivity index (χ2n) is 6.56. The van der Waals surface area contributed by atoms with E-state index in [0.717, 1.165) is 28.3 Å². The number of nitro benzene ring substituents is 1. The number of amides is 1. The number of non-ortho nitro benzene ring substituents is 1. The Morgan fingerprint density at radius 1 is 1.14 bits per heavy atom. The number of hydrogen-bond acceptors (Lipinski definition) is 7. The number of halogens is 1. The number of rotatable bonds is 3. The summed E-state index contributed by atoms with van der Waals surface area (Å²) >= 11 is 7.64. The van der Waals surface area contributed by atoms with Crippen molar-refractivity contribution in [2.75, 3.05) is 31.1 Å². The molecule has 3 aromatic rings. The summed E-state index contributed by atoms with van der Waals surface area (Å²) < 4.78 is 6.40. The van der Waals surface area contributed by atoms with E-state index in [4.69, 9.17) is 16.3 Å². The summed E-state index contributed by atoms with van der Waals surface area (Å²) in [4.78, 5) is 31.2. The van der Waals surface area contributed by atoms with E-state index in [-0.39, 0.29) is 11.4 Å². The van der Waals surface area contributed by atoms with Gasteiger partial charge in [-0.3, -0.25) is 10.1 Å². The summed E-state index contributed by atoms with van der Waals surface area (Å²) in [7, 11) is 0. The number of carbonyl (C=O) groups is 1. The number of thiazole rings is 1. The van der Waals surface area contributed by atoms with Gasteiger partial charge < -0.3 is 14.5 Å². The zero-order chi connectivity index (χ0) is 20.4. The fourth-order valence-corrected chi connectivity index (χ4v) is 4.41. The molecule has 150 valence electrons. The lowest BCUT2D eigenvalue weighted by atomic mass is 10.3. The van der Waals surface area contributed by atoms with Crippen molar-refractivity contribution >= 4 is 50.1 Å². The van der Waals surface area contributed by atoms with E-state index in [1.807, 2.05) is 18.2 Å². The fraction of sp³-hybridized carbons (Fsp3) is 0.263. The van der Waals surface area contributed by atoms with Gasteiger partial charge in [0.2, 0.25) is 0 Å². The van der Waals surface area contributed by atoms with Crippen LogP contribution in [0.3, 0.4) is 0 Å². The molecular weight excluding hydrogens is 416 g/mol. The van der Waals surface area contributed by atoms with Gasteiger partial charge in [-0.25, -0.2) is 9.78 Å². The van der Waals surface area contributed by atoms with Crippen molar-refractivity contribution in [2.45, 2.75) is 6.42 Å². The molecule has 1 aliphatic rings. The lowest BCUT2D eigenvalue weighted by Crippen LogP contribution is -2.37. The number of nitro groups is 1. The molecule has 0 aliphatic carbocycles. The van der Waals surface area contributed by atoms with Gasteiger partial charge in [0.15, 0.2) is 5.13 Å². The van der Waals surface area contributed by atoms with Gasteiger partial charge in [0.05, 0.1) is 15.1 Å². The first kappa shape index (κ1) is 19.4. The van der Waals surface area contributed by atoms with Crippen molar-refractivity contribution in [2.24, 2.45) is 0 Å². The maximum atomic E-state index is 12.5. The summed E-state index contributed by atoms with van der Waals surface area (Å²) in [5, 5.41) is 12.3. The van der Waals surface area contributed by atoms with Crippen LogP contribution in [0.2, 0.25) is 5.02 Å². The Bertz CT molecular complexity index is 1060. The van der Waals surface area contributed by atoms with Crippen molar-refractivity contribution < 1.29 is 14.5 Å². The molecule has 1 aromatic heterocycles. The SMILES string of the molecule is O=C(Oc1ccc([N+](=O)[O-])cc1)N1CCCN(c2nc3ccc(Cl)cc3s2)CC1. The molecule has 2 aromatic carbocycles. The average molecular weight is 433 g/mol. The smallest absolute Gasteiger partial charge is 0.410 e. The lowest BCUT2D eigenvalue weighted by Gasteiger charge is -2.21. The molecule has 0 atom stereocenters. The molecule has 0 spiro atoms. The molecule has 0 unspecified atom stereocenters. The molecule has 2 heterocycles. The van der Waals surface area contributed by atoms with Gasteiger partial charge in [0.1, 0.15) is 5.75 Å². The lowest BCUT2D eigenvalue weighted by molar-refractivity contribution is -0.384. The normalized spacial score (nSPS) is 14.7. The van der Waals surface area contributed by atoms with Crippen molar-refractivity contribution in [3.63, 3.8) is 0 Å². The van der Waals surface area contributed by atoms with Crippen molar-refractivity contribution in [3.8, 4) is 5.75 Å².